The minimum Gasteiger partial charge on any atom is -0.398 e. The average Bonchev–Trinajstić information content (AvgIpc) is 2.22. The molecule has 0 fully saturated rings. The molecule has 0 aliphatic heterocycles. The van der Waals surface area contributed by atoms with Crippen molar-refractivity contribution in [3.8, 4) is 12.3 Å². The highest BCUT2D eigenvalue weighted by atomic mass is 79.9. The molecule has 0 saturated carbocycles. The lowest BCUT2D eigenvalue weighted by atomic mass is 10.3. The Labute approximate surface area is 114 Å². The Morgan fingerprint density at radius 3 is 2.78 bits per heavy atom. The van der Waals surface area contributed by atoms with Gasteiger partial charge in [-0.3, -0.25) is 0 Å². The maximum absolute atomic E-state index is 13.6. The summed E-state index contributed by atoms with van der Waals surface area (Å²) in [6.45, 7) is 1.59. The first kappa shape index (κ1) is 15.0. The lowest BCUT2D eigenvalue weighted by Gasteiger charge is -2.13. The number of benzene rings is 1. The number of nitrogen functional groups attached to an aromatic ring is 1. The molecule has 7 heteroatoms. The smallest absolute Gasteiger partial charge is 0.243 e. The van der Waals surface area contributed by atoms with Gasteiger partial charge in [-0.05, 0) is 35.0 Å². The SMILES string of the molecule is C#CCC(C)NS(=O)(=O)c1cc(N)c(Br)cc1F. The largest absolute Gasteiger partial charge is 0.398 e. The number of anilines is 1. The van der Waals surface area contributed by atoms with Crippen LogP contribution in [0.25, 0.3) is 0 Å². The number of rotatable bonds is 4. The molecule has 0 heterocycles. The van der Waals surface area contributed by atoms with Gasteiger partial charge in [-0.25, -0.2) is 17.5 Å². The lowest BCUT2D eigenvalue weighted by Crippen LogP contribution is -2.32. The zero-order chi connectivity index (χ0) is 13.9. The van der Waals surface area contributed by atoms with Crippen LogP contribution in [0.5, 0.6) is 0 Å². The van der Waals surface area contributed by atoms with Gasteiger partial charge in [0, 0.05) is 22.6 Å². The van der Waals surface area contributed by atoms with Crippen molar-refractivity contribution in [3.05, 3.63) is 22.4 Å². The highest BCUT2D eigenvalue weighted by Gasteiger charge is 2.22. The van der Waals surface area contributed by atoms with E-state index in [1.165, 1.54) is 0 Å². The lowest BCUT2D eigenvalue weighted by molar-refractivity contribution is 0.544. The Hall–Kier alpha value is -1.10. The predicted molar refractivity (Wildman–Crippen MR) is 71.7 cm³/mol. The molecule has 0 spiro atoms. The fourth-order valence-corrected chi connectivity index (χ4v) is 2.95. The molecule has 18 heavy (non-hydrogen) atoms. The molecule has 0 aliphatic rings. The van der Waals surface area contributed by atoms with E-state index in [1.54, 1.807) is 6.92 Å². The molecule has 1 unspecified atom stereocenters. The van der Waals surface area contributed by atoms with E-state index in [0.29, 0.717) is 4.47 Å². The molecule has 0 radical (unpaired) electrons. The summed E-state index contributed by atoms with van der Waals surface area (Å²) in [6.07, 6.45) is 5.29. The van der Waals surface area contributed by atoms with Crippen molar-refractivity contribution < 1.29 is 12.8 Å². The Morgan fingerprint density at radius 1 is 1.61 bits per heavy atom. The number of hydrogen-bond donors (Lipinski definition) is 2. The number of sulfonamides is 1. The number of terminal acetylenes is 1. The fraction of sp³-hybridized carbons (Fsp3) is 0.273. The van der Waals surface area contributed by atoms with Crippen LogP contribution in [-0.4, -0.2) is 14.5 Å². The molecule has 0 amide bonds. The van der Waals surface area contributed by atoms with Gasteiger partial charge < -0.3 is 5.73 Å². The average molecular weight is 335 g/mol. The molecule has 1 atom stereocenters. The molecule has 0 aromatic heterocycles. The van der Waals surface area contributed by atoms with Crippen molar-refractivity contribution in [1.82, 2.24) is 4.72 Å². The number of nitrogens with one attached hydrogen (secondary N) is 1. The van der Waals surface area contributed by atoms with Gasteiger partial charge in [-0.1, -0.05) is 0 Å². The van der Waals surface area contributed by atoms with Crippen LogP contribution in [0.3, 0.4) is 0 Å². The third-order valence-electron chi connectivity index (χ3n) is 2.12. The van der Waals surface area contributed by atoms with E-state index < -0.39 is 26.8 Å². The van der Waals surface area contributed by atoms with Crippen LogP contribution in [0.4, 0.5) is 10.1 Å². The molecule has 1 aromatic carbocycles. The Balaban J connectivity index is 3.14. The molecular weight excluding hydrogens is 323 g/mol. The van der Waals surface area contributed by atoms with Gasteiger partial charge in [-0.15, -0.1) is 12.3 Å². The summed E-state index contributed by atoms with van der Waals surface area (Å²) in [4.78, 5) is -0.493. The molecule has 0 bridgehead atoms. The second-order valence-electron chi connectivity index (χ2n) is 3.73. The molecule has 1 rings (SSSR count). The minimum atomic E-state index is -3.97. The summed E-state index contributed by atoms with van der Waals surface area (Å²) < 4.78 is 40.0. The van der Waals surface area contributed by atoms with Crippen LogP contribution < -0.4 is 10.5 Å². The third kappa shape index (κ3) is 3.45. The van der Waals surface area contributed by atoms with E-state index in [0.717, 1.165) is 12.1 Å². The summed E-state index contributed by atoms with van der Waals surface area (Å²) in [5, 5.41) is 0. The van der Waals surface area contributed by atoms with Crippen molar-refractivity contribution >= 4 is 31.6 Å². The van der Waals surface area contributed by atoms with Crippen LogP contribution in [0.1, 0.15) is 13.3 Å². The normalized spacial score (nSPS) is 13.0. The first-order valence-electron chi connectivity index (χ1n) is 4.98. The summed E-state index contributed by atoms with van der Waals surface area (Å²) >= 11 is 3.02. The maximum Gasteiger partial charge on any atom is 0.243 e. The van der Waals surface area contributed by atoms with Crippen LogP contribution in [0.15, 0.2) is 21.5 Å². The molecule has 0 aliphatic carbocycles. The zero-order valence-corrected chi connectivity index (χ0v) is 12.0. The van der Waals surface area contributed by atoms with Crippen molar-refractivity contribution in [3.63, 3.8) is 0 Å². The molecule has 98 valence electrons. The number of hydrogen-bond acceptors (Lipinski definition) is 3. The Morgan fingerprint density at radius 2 is 2.22 bits per heavy atom. The van der Waals surface area contributed by atoms with Gasteiger partial charge >= 0.3 is 0 Å². The monoisotopic (exact) mass is 334 g/mol. The summed E-state index contributed by atoms with van der Waals surface area (Å²) in [6, 6.07) is 1.59. The predicted octanol–water partition coefficient (Wildman–Crippen LogP) is 1.86. The van der Waals surface area contributed by atoms with Crippen molar-refractivity contribution in [2.45, 2.75) is 24.3 Å². The van der Waals surface area contributed by atoms with Gasteiger partial charge in [0.2, 0.25) is 10.0 Å². The topological polar surface area (TPSA) is 72.2 Å². The van der Waals surface area contributed by atoms with Crippen molar-refractivity contribution in [2.75, 3.05) is 5.73 Å². The highest BCUT2D eigenvalue weighted by molar-refractivity contribution is 9.10. The van der Waals surface area contributed by atoms with E-state index in [1.807, 2.05) is 0 Å². The fourth-order valence-electron chi connectivity index (χ4n) is 1.30. The maximum atomic E-state index is 13.6. The summed E-state index contributed by atoms with van der Waals surface area (Å²) in [7, 11) is -3.97. The van der Waals surface area contributed by atoms with E-state index in [2.05, 4.69) is 26.6 Å². The third-order valence-corrected chi connectivity index (χ3v) is 4.41. The van der Waals surface area contributed by atoms with Crippen LogP contribution in [0.2, 0.25) is 0 Å². The Bertz CT molecular complexity index is 596. The van der Waals surface area contributed by atoms with Gasteiger partial charge in [0.1, 0.15) is 10.7 Å². The van der Waals surface area contributed by atoms with Gasteiger partial charge in [-0.2, -0.15) is 0 Å². The van der Waals surface area contributed by atoms with Crippen molar-refractivity contribution in [2.24, 2.45) is 0 Å². The molecular formula is C11H12BrFN2O2S. The van der Waals surface area contributed by atoms with Gasteiger partial charge in [0.25, 0.3) is 0 Å². The minimum absolute atomic E-state index is 0.140. The summed E-state index contributed by atoms with van der Waals surface area (Å²) in [5.41, 5.74) is 5.68. The zero-order valence-electron chi connectivity index (χ0n) is 9.57. The van der Waals surface area contributed by atoms with E-state index in [4.69, 9.17) is 12.2 Å². The summed E-state index contributed by atoms with van der Waals surface area (Å²) in [5.74, 6) is 1.45. The second kappa shape index (κ2) is 5.69. The first-order chi connectivity index (χ1) is 8.27. The van der Waals surface area contributed by atoms with Crippen LogP contribution >= 0.6 is 15.9 Å². The molecule has 3 N–H and O–H groups in total. The second-order valence-corrected chi connectivity index (χ2v) is 6.27. The quantitative estimate of drug-likeness (QED) is 0.652. The number of nitrogens with two attached hydrogens (primary N) is 1. The first-order valence-corrected chi connectivity index (χ1v) is 7.26. The molecule has 1 aromatic rings. The van der Waals surface area contributed by atoms with Crippen LogP contribution in [0, 0.1) is 18.2 Å². The molecule has 4 nitrogen and oxygen atoms in total. The van der Waals surface area contributed by atoms with E-state index >= 15 is 0 Å². The van der Waals surface area contributed by atoms with Gasteiger partial charge in [0.05, 0.1) is 0 Å². The molecule has 0 saturated heterocycles. The Kier molecular flexibility index (Phi) is 4.73. The van der Waals surface area contributed by atoms with Crippen LogP contribution in [-0.2, 0) is 10.0 Å². The number of halogens is 2. The standard InChI is InChI=1S/C11H12BrFN2O2S/c1-3-4-7(2)15-18(16,17)11-6-10(14)8(12)5-9(11)13/h1,5-7,15H,4,14H2,2H3. The van der Waals surface area contributed by atoms with Gasteiger partial charge in [0.15, 0.2) is 0 Å². The highest BCUT2D eigenvalue weighted by Crippen LogP contribution is 2.26. The van der Waals surface area contributed by atoms with E-state index in [9.17, 15) is 12.8 Å². The van der Waals surface area contributed by atoms with E-state index in [-0.39, 0.29) is 12.1 Å². The van der Waals surface area contributed by atoms with Crippen molar-refractivity contribution in [1.29, 1.82) is 0 Å².